The van der Waals surface area contributed by atoms with Gasteiger partial charge in [0.2, 0.25) is 0 Å². The standard InChI is InChI=1S/C10H19NO3S.ClH.H2S/c1-7(2)9(12)6-11-8(10(13)14)4-5-15-3;;/h7-8,11H,4-6H2,1-3H3,(H,13,14);1H;1H2/t8-;;/m0../s1. The number of thioether (sulfide) groups is 1. The Labute approximate surface area is 120 Å². The molecule has 0 aliphatic carbocycles. The lowest BCUT2D eigenvalue weighted by molar-refractivity contribution is -0.139. The molecule has 2 N–H and O–H groups in total. The summed E-state index contributed by atoms with van der Waals surface area (Å²) in [5, 5.41) is 11.6. The highest BCUT2D eigenvalue weighted by Crippen LogP contribution is 2.01. The van der Waals surface area contributed by atoms with E-state index in [9.17, 15) is 9.59 Å². The number of halogens is 1. The molecule has 0 aliphatic heterocycles. The molecule has 4 nitrogen and oxygen atoms in total. The van der Waals surface area contributed by atoms with Crippen LogP contribution in [0.5, 0.6) is 0 Å². The number of Topliss-reactive ketones (excluding diaryl/α,β-unsaturated/α-hetero) is 1. The summed E-state index contributed by atoms with van der Waals surface area (Å²) < 4.78 is 0. The van der Waals surface area contributed by atoms with E-state index in [1.165, 1.54) is 0 Å². The van der Waals surface area contributed by atoms with Crippen molar-refractivity contribution >= 4 is 49.4 Å². The summed E-state index contributed by atoms with van der Waals surface area (Å²) in [4.78, 5) is 22.1. The van der Waals surface area contributed by atoms with Crippen LogP contribution in [0.25, 0.3) is 0 Å². The van der Waals surface area contributed by atoms with Crippen LogP contribution in [0, 0.1) is 5.92 Å². The fourth-order valence-corrected chi connectivity index (χ4v) is 1.45. The first-order chi connectivity index (χ1) is 6.99. The first-order valence-corrected chi connectivity index (χ1v) is 6.36. The molecule has 0 unspecified atom stereocenters. The monoisotopic (exact) mass is 303 g/mol. The molecule has 0 aromatic rings. The highest BCUT2D eigenvalue weighted by Gasteiger charge is 2.18. The largest absolute Gasteiger partial charge is 0.480 e. The third-order valence-electron chi connectivity index (χ3n) is 2.08. The van der Waals surface area contributed by atoms with E-state index in [1.54, 1.807) is 11.8 Å². The molecule has 0 aromatic heterocycles. The summed E-state index contributed by atoms with van der Waals surface area (Å²) in [5.41, 5.74) is 0. The van der Waals surface area contributed by atoms with Gasteiger partial charge in [-0.15, -0.1) is 12.4 Å². The molecule has 7 heteroatoms. The highest BCUT2D eigenvalue weighted by atomic mass is 35.5. The average molecular weight is 304 g/mol. The van der Waals surface area contributed by atoms with E-state index in [1.807, 2.05) is 20.1 Å². The lowest BCUT2D eigenvalue weighted by Gasteiger charge is -2.14. The number of hydrogen-bond acceptors (Lipinski definition) is 4. The lowest BCUT2D eigenvalue weighted by Crippen LogP contribution is -2.41. The highest BCUT2D eigenvalue weighted by molar-refractivity contribution is 7.98. The van der Waals surface area contributed by atoms with Gasteiger partial charge in [-0.2, -0.15) is 25.3 Å². The second-order valence-corrected chi connectivity index (χ2v) is 4.66. The maximum atomic E-state index is 11.3. The molecule has 0 fully saturated rings. The number of aliphatic carboxylic acids is 1. The van der Waals surface area contributed by atoms with Crippen molar-refractivity contribution in [1.82, 2.24) is 5.32 Å². The summed E-state index contributed by atoms with van der Waals surface area (Å²) in [6.07, 6.45) is 2.47. The second-order valence-electron chi connectivity index (χ2n) is 3.67. The Morgan fingerprint density at radius 2 is 1.88 bits per heavy atom. The van der Waals surface area contributed by atoms with Crippen LogP contribution in [-0.2, 0) is 9.59 Å². The molecular formula is C10H22ClNO3S2. The number of hydrogen-bond donors (Lipinski definition) is 2. The molecule has 17 heavy (non-hydrogen) atoms. The minimum Gasteiger partial charge on any atom is -0.480 e. The molecule has 0 saturated heterocycles. The molecule has 0 bridgehead atoms. The van der Waals surface area contributed by atoms with Crippen molar-refractivity contribution in [3.8, 4) is 0 Å². The zero-order valence-electron chi connectivity index (χ0n) is 10.4. The second kappa shape index (κ2) is 12.5. The molecule has 0 amide bonds. The van der Waals surface area contributed by atoms with Gasteiger partial charge in [-0.1, -0.05) is 13.8 Å². The summed E-state index contributed by atoms with van der Waals surface area (Å²) in [6.45, 7) is 3.76. The first kappa shape index (κ1) is 22.3. The third-order valence-corrected chi connectivity index (χ3v) is 2.72. The molecular weight excluding hydrogens is 282 g/mol. The molecule has 0 rings (SSSR count). The molecule has 0 aromatic carbocycles. The summed E-state index contributed by atoms with van der Waals surface area (Å²) >= 11 is 1.60. The Kier molecular flexibility index (Phi) is 16.4. The van der Waals surface area contributed by atoms with Crippen LogP contribution in [0.2, 0.25) is 0 Å². The van der Waals surface area contributed by atoms with Gasteiger partial charge in [-0.25, -0.2) is 0 Å². The fraction of sp³-hybridized carbons (Fsp3) is 0.800. The smallest absolute Gasteiger partial charge is 0.320 e. The van der Waals surface area contributed by atoms with Gasteiger partial charge in [0.15, 0.2) is 0 Å². The van der Waals surface area contributed by atoms with Gasteiger partial charge in [0.1, 0.15) is 11.8 Å². The summed E-state index contributed by atoms with van der Waals surface area (Å²) in [5.74, 6) is -0.113. The van der Waals surface area contributed by atoms with E-state index in [0.717, 1.165) is 5.75 Å². The Bertz CT molecular complexity index is 228. The minimum atomic E-state index is -0.888. The van der Waals surface area contributed by atoms with Gasteiger partial charge < -0.3 is 5.11 Å². The Morgan fingerprint density at radius 1 is 1.35 bits per heavy atom. The minimum absolute atomic E-state index is 0. The quantitative estimate of drug-likeness (QED) is 0.712. The molecule has 0 radical (unpaired) electrons. The molecule has 0 heterocycles. The zero-order chi connectivity index (χ0) is 11.8. The number of carbonyl (C=O) groups is 2. The third kappa shape index (κ3) is 10.9. The molecule has 0 aliphatic rings. The van der Waals surface area contributed by atoms with Crippen LogP contribution in [0.1, 0.15) is 20.3 Å². The molecule has 0 spiro atoms. The van der Waals surface area contributed by atoms with Crippen molar-refractivity contribution in [2.75, 3.05) is 18.6 Å². The summed E-state index contributed by atoms with van der Waals surface area (Å²) in [7, 11) is 0. The van der Waals surface area contributed by atoms with Crippen molar-refractivity contribution < 1.29 is 14.7 Å². The van der Waals surface area contributed by atoms with E-state index in [0.29, 0.717) is 6.42 Å². The van der Waals surface area contributed by atoms with E-state index >= 15 is 0 Å². The van der Waals surface area contributed by atoms with Gasteiger partial charge in [-0.05, 0) is 18.4 Å². The predicted octanol–water partition coefficient (Wildman–Crippen LogP) is 1.54. The van der Waals surface area contributed by atoms with E-state index < -0.39 is 12.0 Å². The van der Waals surface area contributed by atoms with Crippen molar-refractivity contribution in [2.24, 2.45) is 5.92 Å². The van der Waals surface area contributed by atoms with E-state index in [-0.39, 0.29) is 44.1 Å². The Hall–Kier alpha value is 0.0900. The number of ketones is 1. The predicted molar refractivity (Wildman–Crippen MR) is 79.9 cm³/mol. The van der Waals surface area contributed by atoms with Gasteiger partial charge in [0.05, 0.1) is 6.54 Å². The number of carboxylic acids is 1. The molecule has 0 saturated carbocycles. The SMILES string of the molecule is CSCC[C@H](NCC(=O)C(C)C)C(=O)O.Cl.S. The topological polar surface area (TPSA) is 66.4 Å². The van der Waals surface area contributed by atoms with Crippen LogP contribution in [0.15, 0.2) is 0 Å². The molecule has 1 atom stereocenters. The number of rotatable bonds is 8. The number of carbonyl (C=O) groups excluding carboxylic acids is 1. The maximum absolute atomic E-state index is 11.3. The van der Waals surface area contributed by atoms with Crippen molar-refractivity contribution in [3.05, 3.63) is 0 Å². The summed E-state index contributed by atoms with van der Waals surface area (Å²) in [6, 6.07) is -0.611. The van der Waals surface area contributed by atoms with Gasteiger partial charge in [0, 0.05) is 5.92 Å². The van der Waals surface area contributed by atoms with Crippen molar-refractivity contribution in [1.29, 1.82) is 0 Å². The average Bonchev–Trinajstić information content (AvgIpc) is 2.16. The van der Waals surface area contributed by atoms with Crippen molar-refractivity contribution in [3.63, 3.8) is 0 Å². The number of carboxylic acid groups (broad SMARTS) is 1. The van der Waals surface area contributed by atoms with Gasteiger partial charge in [-0.3, -0.25) is 14.9 Å². The van der Waals surface area contributed by atoms with E-state index in [4.69, 9.17) is 5.11 Å². The normalized spacial score (nSPS) is 11.3. The van der Waals surface area contributed by atoms with Crippen LogP contribution in [-0.4, -0.2) is 41.5 Å². The lowest BCUT2D eigenvalue weighted by atomic mass is 10.1. The fourth-order valence-electron chi connectivity index (χ4n) is 0.976. The first-order valence-electron chi connectivity index (χ1n) is 4.96. The van der Waals surface area contributed by atoms with Crippen LogP contribution >= 0.6 is 37.7 Å². The van der Waals surface area contributed by atoms with Gasteiger partial charge in [0.25, 0.3) is 0 Å². The van der Waals surface area contributed by atoms with Crippen molar-refractivity contribution in [2.45, 2.75) is 26.3 Å². The van der Waals surface area contributed by atoms with Gasteiger partial charge >= 0.3 is 5.97 Å². The molecule has 104 valence electrons. The van der Waals surface area contributed by atoms with Crippen LogP contribution < -0.4 is 5.32 Å². The Balaban J connectivity index is -0.000000980. The van der Waals surface area contributed by atoms with Crippen LogP contribution in [0.4, 0.5) is 0 Å². The van der Waals surface area contributed by atoms with E-state index in [2.05, 4.69) is 5.32 Å². The zero-order valence-corrected chi connectivity index (χ0v) is 13.0. The number of nitrogens with one attached hydrogen (secondary N) is 1. The van der Waals surface area contributed by atoms with Crippen LogP contribution in [0.3, 0.4) is 0 Å². The Morgan fingerprint density at radius 3 is 2.24 bits per heavy atom. The maximum Gasteiger partial charge on any atom is 0.320 e.